The molecule has 1 aromatic rings. The molecular weight excluding hydrogens is 314 g/mol. The lowest BCUT2D eigenvalue weighted by molar-refractivity contribution is -0.146. The summed E-state index contributed by atoms with van der Waals surface area (Å²) in [6.07, 6.45) is 2.09. The molecule has 5 nitrogen and oxygen atoms in total. The van der Waals surface area contributed by atoms with Crippen LogP contribution < -0.4 is 0 Å². The Kier molecular flexibility index (Phi) is 5.02. The molecule has 2 aliphatic rings. The molecule has 3 rings (SSSR count). The number of aliphatic carboxylic acids is 1. The molecule has 0 aromatic carbocycles. The van der Waals surface area contributed by atoms with Crippen molar-refractivity contribution in [1.82, 2.24) is 4.90 Å². The average molecular weight is 337 g/mol. The van der Waals surface area contributed by atoms with E-state index in [9.17, 15) is 14.7 Å². The number of piperidine rings is 1. The first-order chi connectivity index (χ1) is 11.1. The summed E-state index contributed by atoms with van der Waals surface area (Å²) in [6, 6.07) is 3.98. The number of carbonyl (C=O) groups excluding carboxylic acids is 1. The minimum atomic E-state index is -0.752. The SMILES string of the molecule is C[C@@H](C(=O)N1CCC([C@@H]2OCC[C@H]2C(=O)O)CC1)c1cccs1. The van der Waals surface area contributed by atoms with E-state index >= 15 is 0 Å². The van der Waals surface area contributed by atoms with Crippen LogP contribution in [0.2, 0.25) is 0 Å². The van der Waals surface area contributed by atoms with Gasteiger partial charge in [-0.1, -0.05) is 6.07 Å². The molecule has 1 N–H and O–H groups in total. The van der Waals surface area contributed by atoms with E-state index in [-0.39, 0.29) is 29.8 Å². The van der Waals surface area contributed by atoms with E-state index in [4.69, 9.17) is 4.74 Å². The molecule has 2 saturated heterocycles. The van der Waals surface area contributed by atoms with Gasteiger partial charge in [0.1, 0.15) is 0 Å². The molecule has 2 fully saturated rings. The van der Waals surface area contributed by atoms with Crippen LogP contribution in [0.1, 0.15) is 37.0 Å². The zero-order valence-electron chi connectivity index (χ0n) is 13.3. The van der Waals surface area contributed by atoms with Crippen LogP contribution in [-0.4, -0.2) is 47.7 Å². The van der Waals surface area contributed by atoms with Gasteiger partial charge in [0.05, 0.1) is 17.9 Å². The summed E-state index contributed by atoms with van der Waals surface area (Å²) in [5.41, 5.74) is 0. The maximum atomic E-state index is 12.6. The van der Waals surface area contributed by atoms with Gasteiger partial charge >= 0.3 is 5.97 Å². The van der Waals surface area contributed by atoms with Gasteiger partial charge in [-0.3, -0.25) is 9.59 Å². The molecule has 3 atom stereocenters. The van der Waals surface area contributed by atoms with Crippen molar-refractivity contribution < 1.29 is 19.4 Å². The maximum absolute atomic E-state index is 12.6. The van der Waals surface area contributed by atoms with E-state index in [1.807, 2.05) is 29.3 Å². The Hall–Kier alpha value is -1.40. The highest BCUT2D eigenvalue weighted by atomic mass is 32.1. The first-order valence-electron chi connectivity index (χ1n) is 8.24. The van der Waals surface area contributed by atoms with Crippen LogP contribution in [0.3, 0.4) is 0 Å². The first kappa shape index (κ1) is 16.5. The zero-order valence-corrected chi connectivity index (χ0v) is 14.1. The Bertz CT molecular complexity index is 551. The summed E-state index contributed by atoms with van der Waals surface area (Å²) < 4.78 is 5.69. The van der Waals surface area contributed by atoms with Crippen LogP contribution in [0.4, 0.5) is 0 Å². The minimum Gasteiger partial charge on any atom is -0.481 e. The first-order valence-corrected chi connectivity index (χ1v) is 9.12. The minimum absolute atomic E-state index is 0.0963. The lowest BCUT2D eigenvalue weighted by Crippen LogP contribution is -2.44. The van der Waals surface area contributed by atoms with Crippen LogP contribution in [0.15, 0.2) is 17.5 Å². The highest BCUT2D eigenvalue weighted by Gasteiger charge is 2.41. The van der Waals surface area contributed by atoms with Crippen molar-refractivity contribution in [2.45, 2.75) is 38.2 Å². The molecule has 0 spiro atoms. The van der Waals surface area contributed by atoms with Crippen molar-refractivity contribution in [1.29, 1.82) is 0 Å². The Morgan fingerprint density at radius 2 is 2.09 bits per heavy atom. The normalized spacial score (nSPS) is 27.1. The third-order valence-electron chi connectivity index (χ3n) is 5.11. The van der Waals surface area contributed by atoms with Crippen LogP contribution in [-0.2, 0) is 14.3 Å². The maximum Gasteiger partial charge on any atom is 0.309 e. The highest BCUT2D eigenvalue weighted by molar-refractivity contribution is 7.10. The Balaban J connectivity index is 1.56. The highest BCUT2D eigenvalue weighted by Crippen LogP contribution is 2.34. The van der Waals surface area contributed by atoms with E-state index in [1.165, 1.54) is 0 Å². The second-order valence-corrected chi connectivity index (χ2v) is 7.45. The van der Waals surface area contributed by atoms with Crippen molar-refractivity contribution in [3.05, 3.63) is 22.4 Å². The number of carboxylic acid groups (broad SMARTS) is 1. The summed E-state index contributed by atoms with van der Waals surface area (Å²) in [5.74, 6) is -0.807. The molecule has 3 heterocycles. The van der Waals surface area contributed by atoms with E-state index < -0.39 is 5.97 Å². The van der Waals surface area contributed by atoms with Crippen LogP contribution in [0, 0.1) is 11.8 Å². The van der Waals surface area contributed by atoms with Gasteiger partial charge in [-0.05, 0) is 43.6 Å². The Labute approximate surface area is 140 Å². The summed E-state index contributed by atoms with van der Waals surface area (Å²) in [5, 5.41) is 11.3. The summed E-state index contributed by atoms with van der Waals surface area (Å²) in [7, 11) is 0. The quantitative estimate of drug-likeness (QED) is 0.917. The van der Waals surface area contributed by atoms with E-state index in [1.54, 1.807) is 11.3 Å². The number of rotatable bonds is 4. The molecule has 6 heteroatoms. The monoisotopic (exact) mass is 337 g/mol. The molecule has 0 saturated carbocycles. The average Bonchev–Trinajstić information content (AvgIpc) is 3.24. The third kappa shape index (κ3) is 3.43. The fourth-order valence-corrected chi connectivity index (χ4v) is 4.50. The van der Waals surface area contributed by atoms with Gasteiger partial charge in [-0.15, -0.1) is 11.3 Å². The van der Waals surface area contributed by atoms with Crippen molar-refractivity contribution in [2.75, 3.05) is 19.7 Å². The Morgan fingerprint density at radius 1 is 1.35 bits per heavy atom. The van der Waals surface area contributed by atoms with Gasteiger partial charge in [0.2, 0.25) is 5.91 Å². The van der Waals surface area contributed by atoms with Crippen LogP contribution in [0.25, 0.3) is 0 Å². The molecule has 0 aliphatic carbocycles. The van der Waals surface area contributed by atoms with Gasteiger partial charge in [0, 0.05) is 24.6 Å². The molecule has 1 aromatic heterocycles. The van der Waals surface area contributed by atoms with Gasteiger partial charge in [-0.25, -0.2) is 0 Å². The van der Waals surface area contributed by atoms with E-state index in [2.05, 4.69) is 0 Å². The second kappa shape index (κ2) is 7.01. The lowest BCUT2D eigenvalue weighted by atomic mass is 9.84. The number of nitrogens with zero attached hydrogens (tertiary/aromatic N) is 1. The molecule has 126 valence electrons. The molecule has 23 heavy (non-hydrogen) atoms. The Morgan fingerprint density at radius 3 is 2.70 bits per heavy atom. The van der Waals surface area contributed by atoms with Crippen molar-refractivity contribution in [3.63, 3.8) is 0 Å². The number of amides is 1. The lowest BCUT2D eigenvalue weighted by Gasteiger charge is -2.36. The van der Waals surface area contributed by atoms with Crippen molar-refractivity contribution >= 4 is 23.2 Å². The number of hydrogen-bond donors (Lipinski definition) is 1. The predicted octanol–water partition coefficient (Wildman–Crippen LogP) is 2.58. The second-order valence-electron chi connectivity index (χ2n) is 6.47. The summed E-state index contributed by atoms with van der Waals surface area (Å²) >= 11 is 1.62. The third-order valence-corrected chi connectivity index (χ3v) is 6.16. The fraction of sp³-hybridized carbons (Fsp3) is 0.647. The number of hydrogen-bond acceptors (Lipinski definition) is 4. The smallest absolute Gasteiger partial charge is 0.309 e. The van der Waals surface area contributed by atoms with Gasteiger partial charge < -0.3 is 14.7 Å². The molecular formula is C17H23NO4S. The number of thiophene rings is 1. The van der Waals surface area contributed by atoms with Gasteiger partial charge in [-0.2, -0.15) is 0 Å². The van der Waals surface area contributed by atoms with E-state index in [0.717, 1.165) is 17.7 Å². The standard InChI is InChI=1S/C17H23NO4S/c1-11(14-3-2-10-23-14)16(19)18-7-4-12(5-8-18)15-13(17(20)21)6-9-22-15/h2-3,10-13,15H,4-9H2,1H3,(H,20,21)/t11-,13-,15+/m1/s1. The van der Waals surface area contributed by atoms with Crippen molar-refractivity contribution in [3.8, 4) is 0 Å². The van der Waals surface area contributed by atoms with Crippen molar-refractivity contribution in [2.24, 2.45) is 11.8 Å². The largest absolute Gasteiger partial charge is 0.481 e. The number of carbonyl (C=O) groups is 2. The molecule has 2 aliphatic heterocycles. The fourth-order valence-electron chi connectivity index (χ4n) is 3.72. The molecule has 0 bridgehead atoms. The number of ether oxygens (including phenoxy) is 1. The molecule has 0 unspecified atom stereocenters. The molecule has 0 radical (unpaired) electrons. The van der Waals surface area contributed by atoms with Crippen LogP contribution >= 0.6 is 11.3 Å². The van der Waals surface area contributed by atoms with E-state index in [0.29, 0.717) is 26.1 Å². The zero-order chi connectivity index (χ0) is 16.4. The summed E-state index contributed by atoms with van der Waals surface area (Å²) in [6.45, 7) is 3.90. The predicted molar refractivity (Wildman–Crippen MR) is 87.5 cm³/mol. The summed E-state index contributed by atoms with van der Waals surface area (Å²) in [4.78, 5) is 26.9. The number of likely N-dealkylation sites (tertiary alicyclic amines) is 1. The number of carboxylic acids is 1. The topological polar surface area (TPSA) is 66.8 Å². The van der Waals surface area contributed by atoms with Gasteiger partial charge in [0.25, 0.3) is 0 Å². The molecule has 1 amide bonds. The van der Waals surface area contributed by atoms with Crippen LogP contribution in [0.5, 0.6) is 0 Å². The van der Waals surface area contributed by atoms with Gasteiger partial charge in [0.15, 0.2) is 0 Å².